The lowest BCUT2D eigenvalue weighted by Gasteiger charge is -2.25. The van der Waals surface area contributed by atoms with Gasteiger partial charge in [0.05, 0.1) is 11.6 Å². The number of ether oxygens (including phenoxy) is 3. The Morgan fingerprint density at radius 2 is 1.58 bits per heavy atom. The highest BCUT2D eigenvalue weighted by Crippen LogP contribution is 2.43. The third kappa shape index (κ3) is 4.33. The Hall–Kier alpha value is -4.47. The van der Waals surface area contributed by atoms with Gasteiger partial charge in [0.2, 0.25) is 0 Å². The van der Waals surface area contributed by atoms with E-state index in [1.54, 1.807) is 42.5 Å². The second-order valence-corrected chi connectivity index (χ2v) is 7.98. The molecular formula is C26H18F3NO6. The molecule has 2 aliphatic rings. The zero-order valence-corrected chi connectivity index (χ0v) is 18.5. The molecule has 0 bridgehead atoms. The smallest absolute Gasteiger partial charge is 0.507 e. The Morgan fingerprint density at radius 3 is 2.25 bits per heavy atom. The summed E-state index contributed by atoms with van der Waals surface area (Å²) in [5, 5.41) is 11.2. The van der Waals surface area contributed by atoms with Gasteiger partial charge in [-0.3, -0.25) is 14.5 Å². The summed E-state index contributed by atoms with van der Waals surface area (Å²) in [4.78, 5) is 27.5. The van der Waals surface area contributed by atoms with Crippen molar-refractivity contribution in [2.75, 3.05) is 18.1 Å². The number of benzene rings is 3. The van der Waals surface area contributed by atoms with E-state index in [2.05, 4.69) is 4.74 Å². The summed E-state index contributed by atoms with van der Waals surface area (Å²) in [6.07, 6.45) is -4.88. The molecule has 1 N–H and O–H groups in total. The molecule has 7 nitrogen and oxygen atoms in total. The first-order chi connectivity index (χ1) is 17.2. The molecule has 2 aliphatic heterocycles. The predicted octanol–water partition coefficient (Wildman–Crippen LogP) is 4.98. The van der Waals surface area contributed by atoms with Crippen LogP contribution in [-0.2, 0) is 9.59 Å². The van der Waals surface area contributed by atoms with Crippen LogP contribution in [0.5, 0.6) is 17.2 Å². The van der Waals surface area contributed by atoms with E-state index >= 15 is 0 Å². The van der Waals surface area contributed by atoms with Crippen molar-refractivity contribution >= 4 is 23.1 Å². The Labute approximate surface area is 202 Å². The summed E-state index contributed by atoms with van der Waals surface area (Å²) >= 11 is 0. The molecule has 0 radical (unpaired) electrons. The van der Waals surface area contributed by atoms with Crippen LogP contribution in [-0.4, -0.2) is 36.4 Å². The number of aliphatic hydroxyl groups excluding tert-OH is 1. The highest BCUT2D eigenvalue weighted by Gasteiger charge is 2.47. The van der Waals surface area contributed by atoms with Crippen LogP contribution in [0.4, 0.5) is 18.9 Å². The van der Waals surface area contributed by atoms with Crippen LogP contribution in [0, 0.1) is 0 Å². The predicted molar refractivity (Wildman–Crippen MR) is 122 cm³/mol. The number of alkyl halides is 3. The standard InChI is InChI=1S/C26H18F3NO6/c27-26(28,29)36-18-9-7-17(8-10-18)30-22(15-4-2-1-3-5-15)21(24(32)25(30)33)23(31)16-6-11-19-20(14-16)35-13-12-34-19/h1-11,14,22,31H,12-13H2/b23-21-. The van der Waals surface area contributed by atoms with Gasteiger partial charge in [0.1, 0.15) is 24.7 Å². The SMILES string of the molecule is O=C1C(=O)N(c2ccc(OC(F)(F)F)cc2)C(c2ccccc2)/C1=C(/O)c1ccc2c(c1)OCCO2. The molecule has 0 spiro atoms. The first kappa shape index (κ1) is 23.3. The molecule has 0 aliphatic carbocycles. The van der Waals surface area contributed by atoms with Crippen LogP contribution in [0.1, 0.15) is 17.2 Å². The number of anilines is 1. The van der Waals surface area contributed by atoms with Crippen molar-refractivity contribution in [3.8, 4) is 17.2 Å². The maximum Gasteiger partial charge on any atom is 0.573 e. The van der Waals surface area contributed by atoms with E-state index in [0.29, 0.717) is 30.3 Å². The summed E-state index contributed by atoms with van der Waals surface area (Å²) in [5.41, 5.74) is 0.749. The molecule has 1 fully saturated rings. The van der Waals surface area contributed by atoms with Gasteiger partial charge in [0, 0.05) is 11.3 Å². The van der Waals surface area contributed by atoms with E-state index in [9.17, 15) is 27.9 Å². The van der Waals surface area contributed by atoms with Crippen molar-refractivity contribution in [1.82, 2.24) is 0 Å². The van der Waals surface area contributed by atoms with Crippen molar-refractivity contribution in [2.24, 2.45) is 0 Å². The first-order valence-electron chi connectivity index (χ1n) is 10.8. The van der Waals surface area contributed by atoms with Gasteiger partial charge < -0.3 is 19.3 Å². The fourth-order valence-corrected chi connectivity index (χ4v) is 4.20. The molecule has 184 valence electrons. The summed E-state index contributed by atoms with van der Waals surface area (Å²) < 4.78 is 52.6. The van der Waals surface area contributed by atoms with Crippen molar-refractivity contribution in [2.45, 2.75) is 12.4 Å². The Bertz CT molecular complexity index is 1350. The molecule has 1 saturated heterocycles. The van der Waals surface area contributed by atoms with Crippen LogP contribution in [0.25, 0.3) is 5.76 Å². The number of carbonyl (C=O) groups is 2. The van der Waals surface area contributed by atoms with E-state index < -0.39 is 35.6 Å². The van der Waals surface area contributed by atoms with Gasteiger partial charge in [-0.2, -0.15) is 0 Å². The van der Waals surface area contributed by atoms with Gasteiger partial charge in [0.15, 0.2) is 11.5 Å². The zero-order valence-electron chi connectivity index (χ0n) is 18.5. The van der Waals surface area contributed by atoms with Crippen molar-refractivity contribution in [1.29, 1.82) is 0 Å². The topological polar surface area (TPSA) is 85.3 Å². The molecule has 1 amide bonds. The van der Waals surface area contributed by atoms with Crippen LogP contribution in [0.3, 0.4) is 0 Å². The van der Waals surface area contributed by atoms with Crippen LogP contribution >= 0.6 is 0 Å². The molecule has 1 atom stereocenters. The number of hydrogen-bond donors (Lipinski definition) is 1. The summed E-state index contributed by atoms with van der Waals surface area (Å²) in [6.45, 7) is 0.698. The molecule has 5 rings (SSSR count). The van der Waals surface area contributed by atoms with Gasteiger partial charge in [-0.1, -0.05) is 30.3 Å². The second kappa shape index (κ2) is 8.95. The number of nitrogens with zero attached hydrogens (tertiary/aromatic N) is 1. The zero-order chi connectivity index (χ0) is 25.4. The van der Waals surface area contributed by atoms with E-state index in [4.69, 9.17) is 9.47 Å². The van der Waals surface area contributed by atoms with Gasteiger partial charge in [0.25, 0.3) is 11.7 Å². The van der Waals surface area contributed by atoms with Crippen molar-refractivity contribution in [3.05, 3.63) is 89.5 Å². The number of aliphatic hydroxyl groups is 1. The number of halogens is 3. The van der Waals surface area contributed by atoms with E-state index in [1.807, 2.05) is 0 Å². The number of carbonyl (C=O) groups excluding carboxylic acids is 2. The fraction of sp³-hybridized carbons (Fsp3) is 0.154. The van der Waals surface area contributed by atoms with E-state index in [-0.39, 0.29) is 16.8 Å². The van der Waals surface area contributed by atoms with Gasteiger partial charge in [-0.15, -0.1) is 13.2 Å². The largest absolute Gasteiger partial charge is 0.573 e. The Morgan fingerprint density at radius 1 is 0.917 bits per heavy atom. The molecule has 1 unspecified atom stereocenters. The maximum atomic E-state index is 13.2. The summed E-state index contributed by atoms with van der Waals surface area (Å²) in [5.74, 6) is -1.90. The lowest BCUT2D eigenvalue weighted by molar-refractivity contribution is -0.274. The molecule has 3 aromatic carbocycles. The molecule has 0 aromatic heterocycles. The minimum atomic E-state index is -4.88. The quantitative estimate of drug-likeness (QED) is 0.311. The highest BCUT2D eigenvalue weighted by atomic mass is 19.4. The summed E-state index contributed by atoms with van der Waals surface area (Å²) in [6, 6.07) is 16.7. The van der Waals surface area contributed by atoms with E-state index in [1.165, 1.54) is 18.2 Å². The molecule has 10 heteroatoms. The molecule has 36 heavy (non-hydrogen) atoms. The lowest BCUT2D eigenvalue weighted by atomic mass is 9.95. The second-order valence-electron chi connectivity index (χ2n) is 7.98. The molecule has 3 aromatic rings. The average molecular weight is 497 g/mol. The number of fused-ring (bicyclic) bond motifs is 1. The van der Waals surface area contributed by atoms with Crippen molar-refractivity contribution in [3.63, 3.8) is 0 Å². The van der Waals surface area contributed by atoms with E-state index in [0.717, 1.165) is 17.0 Å². The van der Waals surface area contributed by atoms with Crippen LogP contribution < -0.4 is 19.1 Å². The normalized spacial score (nSPS) is 18.9. The van der Waals surface area contributed by atoms with Gasteiger partial charge in [-0.25, -0.2) is 0 Å². The minimum absolute atomic E-state index is 0.154. The third-order valence-corrected chi connectivity index (χ3v) is 5.72. The molecule has 0 saturated carbocycles. The van der Waals surface area contributed by atoms with Crippen LogP contribution in [0.15, 0.2) is 78.4 Å². The third-order valence-electron chi connectivity index (χ3n) is 5.72. The Balaban J connectivity index is 1.61. The number of rotatable bonds is 4. The van der Waals surface area contributed by atoms with Gasteiger partial charge in [-0.05, 0) is 48.0 Å². The first-order valence-corrected chi connectivity index (χ1v) is 10.8. The summed E-state index contributed by atoms with van der Waals surface area (Å²) in [7, 11) is 0. The lowest BCUT2D eigenvalue weighted by Crippen LogP contribution is -2.29. The van der Waals surface area contributed by atoms with Crippen LogP contribution in [0.2, 0.25) is 0 Å². The Kier molecular flexibility index (Phi) is 5.79. The van der Waals surface area contributed by atoms with Gasteiger partial charge >= 0.3 is 6.36 Å². The maximum absolute atomic E-state index is 13.2. The number of ketones is 1. The van der Waals surface area contributed by atoms with Crippen molar-refractivity contribution < 1.29 is 42.1 Å². The highest BCUT2D eigenvalue weighted by molar-refractivity contribution is 6.51. The monoisotopic (exact) mass is 497 g/mol. The number of hydrogen-bond acceptors (Lipinski definition) is 6. The fourth-order valence-electron chi connectivity index (χ4n) is 4.20. The number of Topliss-reactive ketones (excluding diaryl/α,β-unsaturated/α-hetero) is 1. The molecular weight excluding hydrogens is 479 g/mol. The minimum Gasteiger partial charge on any atom is -0.507 e. The average Bonchev–Trinajstić information content (AvgIpc) is 3.13. The number of amides is 1. The molecule has 2 heterocycles.